The molecule has 0 aromatic carbocycles. The second-order valence-electron chi connectivity index (χ2n) is 31.5. The van der Waals surface area contributed by atoms with E-state index in [4.69, 9.17) is 37.0 Å². The first-order valence-corrected chi connectivity index (χ1v) is 48.2. The molecule has 6 atom stereocenters. The second-order valence-corrected chi connectivity index (χ2v) is 34.4. The Morgan fingerprint density at radius 3 is 0.670 bits per heavy atom. The fourth-order valence-electron chi connectivity index (χ4n) is 13.6. The Hall–Kier alpha value is -1.94. The molecule has 0 heterocycles. The van der Waals surface area contributed by atoms with Gasteiger partial charge in [-0.3, -0.25) is 37.3 Å². The summed E-state index contributed by atoms with van der Waals surface area (Å²) in [4.78, 5) is 73.3. The molecule has 0 aromatic heterocycles. The molecule has 0 radical (unpaired) electrons. The second kappa shape index (κ2) is 79.7. The van der Waals surface area contributed by atoms with Crippen LogP contribution in [0.3, 0.4) is 0 Å². The van der Waals surface area contributed by atoms with Crippen LogP contribution in [0.4, 0.5) is 0 Å². The highest BCUT2D eigenvalue weighted by Gasteiger charge is 2.30. The molecular weight excluding hydrogens is 1380 g/mol. The zero-order chi connectivity index (χ0) is 77.6. The van der Waals surface area contributed by atoms with Gasteiger partial charge in [0, 0.05) is 25.7 Å². The monoisotopic (exact) mass is 1550 g/mol. The van der Waals surface area contributed by atoms with Crippen molar-refractivity contribution in [2.24, 2.45) is 5.92 Å². The summed E-state index contributed by atoms with van der Waals surface area (Å²) in [5.41, 5.74) is 0. The fraction of sp³-hybridized carbons (Fsp3) is 0.954. The number of aliphatic hydroxyl groups is 1. The predicted molar refractivity (Wildman–Crippen MR) is 437 cm³/mol. The third-order valence-corrected chi connectivity index (χ3v) is 22.8. The van der Waals surface area contributed by atoms with Crippen LogP contribution in [-0.2, 0) is 65.4 Å². The molecule has 17 nitrogen and oxygen atoms in total. The summed E-state index contributed by atoms with van der Waals surface area (Å²) < 4.78 is 69.0. The summed E-state index contributed by atoms with van der Waals surface area (Å²) in [6, 6.07) is 0. The molecular formula is C87H170O17P2. The van der Waals surface area contributed by atoms with Crippen LogP contribution in [0.5, 0.6) is 0 Å². The van der Waals surface area contributed by atoms with Crippen LogP contribution in [0.25, 0.3) is 0 Å². The fourth-order valence-corrected chi connectivity index (χ4v) is 15.2. The van der Waals surface area contributed by atoms with Gasteiger partial charge in [0.05, 0.1) is 26.4 Å². The van der Waals surface area contributed by atoms with Crippen LogP contribution < -0.4 is 0 Å². The molecule has 0 bridgehead atoms. The van der Waals surface area contributed by atoms with Crippen molar-refractivity contribution in [2.75, 3.05) is 39.6 Å². The van der Waals surface area contributed by atoms with Crippen molar-refractivity contribution in [3.63, 3.8) is 0 Å². The van der Waals surface area contributed by atoms with Gasteiger partial charge in [-0.1, -0.05) is 420 Å². The van der Waals surface area contributed by atoms with Crippen LogP contribution >= 0.6 is 15.6 Å². The number of esters is 4. The number of carbonyl (C=O) groups excluding carboxylic acids is 4. The third-order valence-electron chi connectivity index (χ3n) is 20.9. The van der Waals surface area contributed by atoms with Crippen molar-refractivity contribution < 1.29 is 80.2 Å². The van der Waals surface area contributed by atoms with E-state index >= 15 is 0 Å². The van der Waals surface area contributed by atoms with Crippen LogP contribution in [0.15, 0.2) is 0 Å². The maximum Gasteiger partial charge on any atom is 0.472 e. The number of carbonyl (C=O) groups is 4. The quantitative estimate of drug-likeness (QED) is 0.0222. The summed E-state index contributed by atoms with van der Waals surface area (Å²) in [6.45, 7) is 7.45. The minimum absolute atomic E-state index is 0.109. The number of phosphoric acid groups is 2. The lowest BCUT2D eigenvalue weighted by Gasteiger charge is -2.21. The van der Waals surface area contributed by atoms with Crippen LogP contribution in [0.2, 0.25) is 0 Å². The van der Waals surface area contributed by atoms with Gasteiger partial charge in [-0.2, -0.15) is 0 Å². The number of hydrogen-bond acceptors (Lipinski definition) is 15. The highest BCUT2D eigenvalue weighted by Crippen LogP contribution is 2.45. The Kier molecular flexibility index (Phi) is 78.2. The molecule has 0 spiro atoms. The summed E-state index contributed by atoms with van der Waals surface area (Å²) >= 11 is 0. The summed E-state index contributed by atoms with van der Waals surface area (Å²) in [5.74, 6) is -1.22. The molecule has 3 unspecified atom stereocenters. The highest BCUT2D eigenvalue weighted by molar-refractivity contribution is 7.47. The van der Waals surface area contributed by atoms with Crippen LogP contribution in [0.1, 0.15) is 471 Å². The Morgan fingerprint density at radius 1 is 0.264 bits per heavy atom. The lowest BCUT2D eigenvalue weighted by Crippen LogP contribution is -2.30. The minimum Gasteiger partial charge on any atom is -0.462 e. The first-order chi connectivity index (χ1) is 51.6. The predicted octanol–water partition coefficient (Wildman–Crippen LogP) is 26.8. The van der Waals surface area contributed by atoms with E-state index in [0.717, 1.165) is 95.8 Å². The maximum absolute atomic E-state index is 13.2. The Balaban J connectivity index is 5.24. The number of unbranched alkanes of at least 4 members (excludes halogenated alkanes) is 58. The van der Waals surface area contributed by atoms with E-state index < -0.39 is 97.5 Å². The number of rotatable bonds is 87. The van der Waals surface area contributed by atoms with E-state index in [2.05, 4.69) is 34.6 Å². The van der Waals surface area contributed by atoms with Crippen molar-refractivity contribution in [3.05, 3.63) is 0 Å². The number of aliphatic hydroxyl groups excluding tert-OH is 1. The van der Waals surface area contributed by atoms with Gasteiger partial charge in [-0.25, -0.2) is 9.13 Å². The molecule has 3 N–H and O–H groups in total. The molecule has 0 aliphatic carbocycles. The molecule has 0 fully saturated rings. The first kappa shape index (κ1) is 104. The topological polar surface area (TPSA) is 237 Å². The summed E-state index contributed by atoms with van der Waals surface area (Å²) in [7, 11) is -9.93. The molecule has 0 aliphatic rings. The van der Waals surface area contributed by atoms with Crippen molar-refractivity contribution in [1.29, 1.82) is 0 Å². The molecule has 19 heteroatoms. The third kappa shape index (κ3) is 78.7. The number of phosphoric ester groups is 2. The molecule has 0 aliphatic heterocycles. The van der Waals surface area contributed by atoms with Crippen LogP contribution in [-0.4, -0.2) is 96.7 Å². The zero-order valence-corrected chi connectivity index (χ0v) is 71.4. The standard InChI is InChI=1S/C87H170O17P2/c1-6-10-13-16-19-22-25-28-30-37-41-46-51-56-61-66-71-85(90)98-77-83(104-87(92)73-68-63-58-53-48-43-38-34-32-31-33-36-40-44-49-54-59-64-69-80(5)9-4)79-102-106(95,96)100-75-81(88)74-99-105(93,94)101-78-82(76-97-84(89)70-65-60-55-50-45-39-27-24-21-18-15-12-8-3)103-86(91)72-67-62-57-52-47-42-35-29-26-23-20-17-14-11-7-2/h80-83,88H,6-79H2,1-5H3,(H,93,94)(H,95,96)/t80?,81-,82+,83+/m0/s1. The smallest absolute Gasteiger partial charge is 0.462 e. The first-order valence-electron chi connectivity index (χ1n) is 45.2. The van der Waals surface area contributed by atoms with Gasteiger partial charge in [0.15, 0.2) is 12.2 Å². The Labute approximate surface area is 651 Å². The largest absolute Gasteiger partial charge is 0.472 e. The van der Waals surface area contributed by atoms with Crippen LogP contribution in [0, 0.1) is 5.92 Å². The summed E-state index contributed by atoms with van der Waals surface area (Å²) in [6.07, 6.45) is 73.4. The van der Waals surface area contributed by atoms with Gasteiger partial charge in [0.2, 0.25) is 0 Å². The minimum atomic E-state index is -4.97. The van der Waals surface area contributed by atoms with E-state index in [-0.39, 0.29) is 25.7 Å². The molecule has 106 heavy (non-hydrogen) atoms. The van der Waals surface area contributed by atoms with Crippen molar-refractivity contribution in [2.45, 2.75) is 490 Å². The average Bonchev–Trinajstić information content (AvgIpc) is 0.903. The van der Waals surface area contributed by atoms with Gasteiger partial charge >= 0.3 is 39.5 Å². The van der Waals surface area contributed by atoms with E-state index in [1.165, 1.54) is 295 Å². The normalized spacial score (nSPS) is 14.0. The van der Waals surface area contributed by atoms with E-state index in [1.807, 2.05) is 0 Å². The lowest BCUT2D eigenvalue weighted by atomic mass is 9.99. The number of ether oxygens (including phenoxy) is 4. The molecule has 0 rings (SSSR count). The average molecular weight is 1550 g/mol. The van der Waals surface area contributed by atoms with Gasteiger partial charge < -0.3 is 33.8 Å². The maximum atomic E-state index is 13.2. The van der Waals surface area contributed by atoms with Gasteiger partial charge in [0.1, 0.15) is 19.3 Å². The number of hydrogen-bond donors (Lipinski definition) is 3. The molecule has 0 saturated heterocycles. The molecule has 0 aromatic rings. The van der Waals surface area contributed by atoms with Gasteiger partial charge in [-0.05, 0) is 31.6 Å². The molecule has 0 saturated carbocycles. The van der Waals surface area contributed by atoms with E-state index in [1.54, 1.807) is 0 Å². The lowest BCUT2D eigenvalue weighted by molar-refractivity contribution is -0.161. The van der Waals surface area contributed by atoms with Gasteiger partial charge in [0.25, 0.3) is 0 Å². The highest BCUT2D eigenvalue weighted by atomic mass is 31.2. The van der Waals surface area contributed by atoms with Crippen molar-refractivity contribution >= 4 is 39.5 Å². The zero-order valence-electron chi connectivity index (χ0n) is 69.6. The van der Waals surface area contributed by atoms with E-state index in [9.17, 15) is 43.2 Å². The van der Waals surface area contributed by atoms with Gasteiger partial charge in [-0.15, -0.1) is 0 Å². The summed E-state index contributed by atoms with van der Waals surface area (Å²) in [5, 5.41) is 10.7. The molecule has 630 valence electrons. The Morgan fingerprint density at radius 2 is 0.453 bits per heavy atom. The Bertz CT molecular complexity index is 2020. The molecule has 0 amide bonds. The van der Waals surface area contributed by atoms with Crippen molar-refractivity contribution in [3.8, 4) is 0 Å². The van der Waals surface area contributed by atoms with Crippen molar-refractivity contribution in [1.82, 2.24) is 0 Å². The SMILES string of the molecule is CCCCCCCCCCCCCCCCCCC(=O)OC[C@H](COP(=O)(O)OC[C@@H](O)COP(=O)(O)OC[C@@H](COC(=O)CCCCCCCCCCCCCCC)OC(=O)CCCCCCCCCCCCCCCCC)OC(=O)CCCCCCCCCCCCCCCCCCCCC(C)CC. The van der Waals surface area contributed by atoms with E-state index in [0.29, 0.717) is 25.7 Å².